The Kier molecular flexibility index (Phi) is 7.36. The van der Waals surface area contributed by atoms with Crippen molar-refractivity contribution in [3.8, 4) is 11.5 Å². The molecule has 2 rings (SSSR count). The van der Waals surface area contributed by atoms with Gasteiger partial charge in [0.1, 0.15) is 0 Å². The average molecular weight is 356 g/mol. The standard InChI is InChI=1S/C17H24O6S/c1-3-20-16(18)14-12-13(15(24-14)17(19)21-4-2)23-11-9-7-5-6-8-10-22-12/h3-11H2,1-2H3. The first kappa shape index (κ1) is 18.6. The monoisotopic (exact) mass is 356 g/mol. The molecule has 0 saturated heterocycles. The first-order valence-corrected chi connectivity index (χ1v) is 9.27. The summed E-state index contributed by atoms with van der Waals surface area (Å²) in [6.07, 6.45) is 5.05. The van der Waals surface area contributed by atoms with Gasteiger partial charge in [-0.05, 0) is 26.7 Å². The molecular weight excluding hydrogens is 332 g/mol. The van der Waals surface area contributed by atoms with Crippen molar-refractivity contribution in [3.05, 3.63) is 9.75 Å². The van der Waals surface area contributed by atoms with Crippen molar-refractivity contribution in [2.24, 2.45) is 0 Å². The van der Waals surface area contributed by atoms with Gasteiger partial charge in [0, 0.05) is 0 Å². The Balaban J connectivity index is 2.40. The fourth-order valence-electron chi connectivity index (χ4n) is 2.41. The minimum atomic E-state index is -0.507. The first-order chi connectivity index (χ1) is 11.7. The van der Waals surface area contributed by atoms with Crippen LogP contribution >= 0.6 is 11.3 Å². The number of hydrogen-bond donors (Lipinski definition) is 0. The van der Waals surface area contributed by atoms with Crippen molar-refractivity contribution in [1.29, 1.82) is 0 Å². The van der Waals surface area contributed by atoms with Crippen molar-refractivity contribution >= 4 is 23.3 Å². The third-order valence-electron chi connectivity index (χ3n) is 3.53. The largest absolute Gasteiger partial charge is 0.488 e. The molecule has 0 bridgehead atoms. The molecule has 24 heavy (non-hydrogen) atoms. The molecule has 7 heteroatoms. The molecule has 134 valence electrons. The molecule has 1 aromatic rings. The minimum Gasteiger partial charge on any atom is -0.488 e. The fraction of sp³-hybridized carbons (Fsp3) is 0.647. The van der Waals surface area contributed by atoms with Gasteiger partial charge < -0.3 is 18.9 Å². The number of carbonyl (C=O) groups excluding carboxylic acids is 2. The average Bonchev–Trinajstić information content (AvgIpc) is 2.90. The topological polar surface area (TPSA) is 71.1 Å². The van der Waals surface area contributed by atoms with E-state index in [0.29, 0.717) is 24.7 Å². The Hall–Kier alpha value is -1.76. The Morgan fingerprint density at radius 1 is 0.833 bits per heavy atom. The van der Waals surface area contributed by atoms with Gasteiger partial charge >= 0.3 is 11.9 Å². The van der Waals surface area contributed by atoms with Gasteiger partial charge in [0.15, 0.2) is 21.3 Å². The van der Waals surface area contributed by atoms with Gasteiger partial charge in [-0.1, -0.05) is 19.3 Å². The third kappa shape index (κ3) is 4.63. The zero-order chi connectivity index (χ0) is 17.4. The maximum Gasteiger partial charge on any atom is 0.352 e. The van der Waals surface area contributed by atoms with Crippen molar-refractivity contribution < 1.29 is 28.5 Å². The van der Waals surface area contributed by atoms with Gasteiger partial charge in [0.25, 0.3) is 0 Å². The van der Waals surface area contributed by atoms with Crippen molar-refractivity contribution in [1.82, 2.24) is 0 Å². The van der Waals surface area contributed by atoms with E-state index < -0.39 is 11.9 Å². The van der Waals surface area contributed by atoms with Crippen LogP contribution < -0.4 is 9.47 Å². The zero-order valence-corrected chi connectivity index (χ0v) is 15.0. The highest BCUT2D eigenvalue weighted by Gasteiger charge is 2.31. The summed E-state index contributed by atoms with van der Waals surface area (Å²) in [7, 11) is 0. The molecule has 0 spiro atoms. The van der Waals surface area contributed by atoms with E-state index in [1.807, 2.05) is 0 Å². The van der Waals surface area contributed by atoms with E-state index in [9.17, 15) is 9.59 Å². The Morgan fingerprint density at radius 2 is 1.25 bits per heavy atom. The second-order valence-corrected chi connectivity index (χ2v) is 6.34. The molecule has 1 aromatic heterocycles. The van der Waals surface area contributed by atoms with Crippen LogP contribution in [0, 0.1) is 0 Å². The number of esters is 2. The Bertz CT molecular complexity index is 519. The van der Waals surface area contributed by atoms with Crippen LogP contribution in [0.3, 0.4) is 0 Å². The lowest BCUT2D eigenvalue weighted by Crippen LogP contribution is -2.08. The summed E-state index contributed by atoms with van der Waals surface area (Å²) in [5.41, 5.74) is 0. The van der Waals surface area contributed by atoms with Crippen LogP contribution in [0.1, 0.15) is 65.3 Å². The zero-order valence-electron chi connectivity index (χ0n) is 14.2. The molecule has 0 atom stereocenters. The summed E-state index contributed by atoms with van der Waals surface area (Å²) >= 11 is 1.01. The maximum absolute atomic E-state index is 12.2. The number of rotatable bonds is 4. The SMILES string of the molecule is CCOC(=O)c1sc(C(=O)OCC)c2c1OCCCCCCCO2. The predicted molar refractivity (Wildman–Crippen MR) is 90.3 cm³/mol. The van der Waals surface area contributed by atoms with E-state index in [0.717, 1.165) is 43.4 Å². The molecule has 0 N–H and O–H groups in total. The van der Waals surface area contributed by atoms with E-state index in [2.05, 4.69) is 0 Å². The molecule has 1 aliphatic heterocycles. The molecule has 0 aromatic carbocycles. The second-order valence-electron chi connectivity index (χ2n) is 5.32. The van der Waals surface area contributed by atoms with Gasteiger partial charge in [-0.25, -0.2) is 9.59 Å². The van der Waals surface area contributed by atoms with E-state index in [4.69, 9.17) is 18.9 Å². The predicted octanol–water partition coefficient (Wildman–Crippen LogP) is 3.82. The van der Waals surface area contributed by atoms with Crippen LogP contribution in [0.4, 0.5) is 0 Å². The Morgan fingerprint density at radius 3 is 1.67 bits per heavy atom. The first-order valence-electron chi connectivity index (χ1n) is 8.45. The lowest BCUT2D eigenvalue weighted by atomic mass is 10.1. The van der Waals surface area contributed by atoms with Crippen LogP contribution in [-0.4, -0.2) is 38.4 Å². The van der Waals surface area contributed by atoms with Gasteiger partial charge in [-0.15, -0.1) is 11.3 Å². The number of ether oxygens (including phenoxy) is 4. The van der Waals surface area contributed by atoms with E-state index in [1.54, 1.807) is 13.8 Å². The molecular formula is C17H24O6S. The van der Waals surface area contributed by atoms with E-state index >= 15 is 0 Å². The molecule has 1 aliphatic rings. The van der Waals surface area contributed by atoms with Crippen LogP contribution in [0.25, 0.3) is 0 Å². The highest BCUT2D eigenvalue weighted by molar-refractivity contribution is 7.16. The van der Waals surface area contributed by atoms with E-state index in [1.165, 1.54) is 0 Å². The maximum atomic E-state index is 12.2. The van der Waals surface area contributed by atoms with Crippen LogP contribution in [0.15, 0.2) is 0 Å². The Labute approximate surface area is 146 Å². The number of carbonyl (C=O) groups is 2. The molecule has 0 saturated carbocycles. The normalized spacial score (nSPS) is 15.2. The number of thiophene rings is 1. The molecule has 0 fully saturated rings. The summed E-state index contributed by atoms with van der Waals surface area (Å²) in [5.74, 6) is -0.396. The lowest BCUT2D eigenvalue weighted by molar-refractivity contribution is 0.0516. The van der Waals surface area contributed by atoms with Gasteiger partial charge in [0.2, 0.25) is 0 Å². The smallest absolute Gasteiger partial charge is 0.352 e. The highest BCUT2D eigenvalue weighted by atomic mass is 32.1. The van der Waals surface area contributed by atoms with Crippen LogP contribution in [-0.2, 0) is 9.47 Å². The molecule has 0 amide bonds. The van der Waals surface area contributed by atoms with Crippen LogP contribution in [0.2, 0.25) is 0 Å². The second kappa shape index (κ2) is 9.52. The molecule has 2 heterocycles. The number of fused-ring (bicyclic) bond motifs is 1. The fourth-order valence-corrected chi connectivity index (χ4v) is 3.39. The quantitative estimate of drug-likeness (QED) is 0.764. The van der Waals surface area contributed by atoms with Crippen molar-refractivity contribution in [2.45, 2.75) is 46.0 Å². The molecule has 0 aliphatic carbocycles. The summed E-state index contributed by atoms with van der Waals surface area (Å²) in [6.45, 7) is 4.92. The summed E-state index contributed by atoms with van der Waals surface area (Å²) in [6, 6.07) is 0. The van der Waals surface area contributed by atoms with Gasteiger partial charge in [-0.3, -0.25) is 0 Å². The molecule has 0 radical (unpaired) electrons. The summed E-state index contributed by atoms with van der Waals surface area (Å²) in [5, 5.41) is 0. The molecule has 0 unspecified atom stereocenters. The van der Waals surface area contributed by atoms with Crippen LogP contribution in [0.5, 0.6) is 11.5 Å². The minimum absolute atomic E-state index is 0.251. The van der Waals surface area contributed by atoms with Crippen molar-refractivity contribution in [3.63, 3.8) is 0 Å². The third-order valence-corrected chi connectivity index (χ3v) is 4.64. The summed E-state index contributed by atoms with van der Waals surface area (Å²) in [4.78, 5) is 25.0. The van der Waals surface area contributed by atoms with Gasteiger partial charge in [0.05, 0.1) is 26.4 Å². The van der Waals surface area contributed by atoms with Gasteiger partial charge in [-0.2, -0.15) is 0 Å². The van der Waals surface area contributed by atoms with E-state index in [-0.39, 0.29) is 23.0 Å². The lowest BCUT2D eigenvalue weighted by Gasteiger charge is -2.10. The molecule has 6 nitrogen and oxygen atoms in total. The summed E-state index contributed by atoms with van der Waals surface area (Å²) < 4.78 is 21.8. The highest BCUT2D eigenvalue weighted by Crippen LogP contribution is 2.43. The number of hydrogen-bond acceptors (Lipinski definition) is 7. The van der Waals surface area contributed by atoms with Crippen molar-refractivity contribution in [2.75, 3.05) is 26.4 Å².